The van der Waals surface area contributed by atoms with Crippen LogP contribution in [-0.4, -0.2) is 46.9 Å². The number of unbranched alkanes of at least 4 members (excludes halogenated alkanes) is 20. The SMILES string of the molecule is CCCCCCCCCCCCCOc1ccc(C=NC(C)(C)C(C)(C)N=Cc2ccc(OCCCCCCCCCCCCC)cc2O)c(O)c1. The second-order valence-corrected chi connectivity index (χ2v) is 15.8. The molecule has 0 saturated heterocycles. The minimum absolute atomic E-state index is 0.146. The zero-order valence-corrected chi connectivity index (χ0v) is 34.2. The number of benzene rings is 2. The van der Waals surface area contributed by atoms with E-state index in [0.717, 1.165) is 12.8 Å². The van der Waals surface area contributed by atoms with Crippen molar-refractivity contribution in [2.45, 2.75) is 194 Å². The Morgan fingerprint density at radius 2 is 0.750 bits per heavy atom. The Hall–Kier alpha value is -3.02. The molecule has 0 amide bonds. The van der Waals surface area contributed by atoms with E-state index < -0.39 is 11.1 Å². The fourth-order valence-electron chi connectivity index (χ4n) is 6.14. The summed E-state index contributed by atoms with van der Waals surface area (Å²) in [7, 11) is 0. The summed E-state index contributed by atoms with van der Waals surface area (Å²) >= 11 is 0. The first-order valence-corrected chi connectivity index (χ1v) is 21.1. The first kappa shape index (κ1) is 45.1. The molecule has 0 aromatic heterocycles. The van der Waals surface area contributed by atoms with Gasteiger partial charge in [-0.3, -0.25) is 9.98 Å². The summed E-state index contributed by atoms with van der Waals surface area (Å²) in [4.78, 5) is 9.67. The van der Waals surface area contributed by atoms with Crippen LogP contribution in [-0.2, 0) is 0 Å². The van der Waals surface area contributed by atoms with Crippen molar-refractivity contribution in [3.05, 3.63) is 47.5 Å². The summed E-state index contributed by atoms with van der Waals surface area (Å²) in [6, 6.07) is 10.8. The lowest BCUT2D eigenvalue weighted by Gasteiger charge is -2.35. The number of phenolic OH excluding ortho intramolecular Hbond substituents is 2. The monoisotopic (exact) mass is 721 g/mol. The number of ether oxygens (including phenoxy) is 2. The van der Waals surface area contributed by atoms with Gasteiger partial charge in [0, 0.05) is 35.7 Å². The van der Waals surface area contributed by atoms with Crippen molar-refractivity contribution >= 4 is 12.4 Å². The third kappa shape index (κ3) is 19.2. The quantitative estimate of drug-likeness (QED) is 0.0600. The van der Waals surface area contributed by atoms with Crippen molar-refractivity contribution in [3.8, 4) is 23.0 Å². The summed E-state index contributed by atoms with van der Waals surface area (Å²) < 4.78 is 11.8. The number of aliphatic imine (C=N–C) groups is 2. The normalized spacial score (nSPS) is 12.3. The van der Waals surface area contributed by atoms with Crippen LogP contribution >= 0.6 is 0 Å². The van der Waals surface area contributed by atoms with E-state index >= 15 is 0 Å². The molecule has 52 heavy (non-hydrogen) atoms. The van der Waals surface area contributed by atoms with Gasteiger partial charge in [0.15, 0.2) is 0 Å². The van der Waals surface area contributed by atoms with Gasteiger partial charge in [-0.25, -0.2) is 0 Å². The van der Waals surface area contributed by atoms with E-state index in [4.69, 9.17) is 19.5 Å². The molecule has 0 radical (unpaired) electrons. The van der Waals surface area contributed by atoms with Gasteiger partial charge >= 0.3 is 0 Å². The van der Waals surface area contributed by atoms with Gasteiger partial charge in [0.1, 0.15) is 23.0 Å². The highest BCUT2D eigenvalue weighted by Crippen LogP contribution is 2.31. The Morgan fingerprint density at radius 1 is 0.462 bits per heavy atom. The van der Waals surface area contributed by atoms with E-state index in [0.29, 0.717) is 35.8 Å². The summed E-state index contributed by atoms with van der Waals surface area (Å²) in [5.74, 6) is 1.65. The topological polar surface area (TPSA) is 83.6 Å². The smallest absolute Gasteiger partial charge is 0.128 e. The molecule has 2 aromatic rings. The molecule has 0 spiro atoms. The van der Waals surface area contributed by atoms with E-state index in [1.165, 1.54) is 128 Å². The Balaban J connectivity index is 1.72. The van der Waals surface area contributed by atoms with Crippen LogP contribution in [0.4, 0.5) is 0 Å². The molecule has 6 heteroatoms. The standard InChI is InChI=1S/C46H76N2O4/c1-7-9-11-13-15-17-19-21-23-25-27-33-51-41-31-29-39(43(49)35-41)37-47-45(3,4)46(5,6)48-38-40-30-32-42(36-44(40)50)52-34-28-26-24-22-20-18-16-14-12-10-8-2/h29-32,35-38,49-50H,7-28,33-34H2,1-6H3. The van der Waals surface area contributed by atoms with Gasteiger partial charge in [0.2, 0.25) is 0 Å². The lowest BCUT2D eigenvalue weighted by molar-refractivity contribution is 0.302. The molecule has 2 rings (SSSR count). The maximum Gasteiger partial charge on any atom is 0.128 e. The Kier molecular flexibility index (Phi) is 23.2. The summed E-state index contributed by atoms with van der Waals surface area (Å²) in [5.41, 5.74) is 0.0913. The highest BCUT2D eigenvalue weighted by Gasteiger charge is 2.36. The van der Waals surface area contributed by atoms with Gasteiger partial charge in [0.05, 0.1) is 24.3 Å². The van der Waals surface area contributed by atoms with E-state index in [1.54, 1.807) is 24.6 Å². The molecule has 0 bridgehead atoms. The van der Waals surface area contributed by atoms with Crippen LogP contribution in [0.25, 0.3) is 0 Å². The zero-order valence-electron chi connectivity index (χ0n) is 34.2. The summed E-state index contributed by atoms with van der Waals surface area (Å²) in [5, 5.41) is 21.4. The number of phenols is 2. The molecule has 0 aliphatic carbocycles. The van der Waals surface area contributed by atoms with E-state index in [1.807, 2.05) is 52.0 Å². The largest absolute Gasteiger partial charge is 0.507 e. The maximum absolute atomic E-state index is 10.7. The molecule has 0 aliphatic heterocycles. The fraction of sp³-hybridized carbons (Fsp3) is 0.696. The number of rotatable bonds is 31. The van der Waals surface area contributed by atoms with Crippen LogP contribution in [0.15, 0.2) is 46.4 Å². The first-order valence-electron chi connectivity index (χ1n) is 21.1. The van der Waals surface area contributed by atoms with E-state index in [2.05, 4.69) is 13.8 Å². The van der Waals surface area contributed by atoms with Crippen molar-refractivity contribution in [1.29, 1.82) is 0 Å². The molecule has 6 nitrogen and oxygen atoms in total. The highest BCUT2D eigenvalue weighted by atomic mass is 16.5. The highest BCUT2D eigenvalue weighted by molar-refractivity contribution is 5.85. The predicted molar refractivity (Wildman–Crippen MR) is 223 cm³/mol. The van der Waals surface area contributed by atoms with Crippen molar-refractivity contribution < 1.29 is 19.7 Å². The van der Waals surface area contributed by atoms with E-state index in [9.17, 15) is 10.2 Å². The molecule has 0 saturated carbocycles. The second-order valence-electron chi connectivity index (χ2n) is 15.8. The second kappa shape index (κ2) is 26.7. The summed E-state index contributed by atoms with van der Waals surface area (Å²) in [6.07, 6.45) is 32.1. The molecular formula is C46H76N2O4. The molecule has 0 unspecified atom stereocenters. The van der Waals surface area contributed by atoms with Crippen LogP contribution in [0.2, 0.25) is 0 Å². The number of hydrogen-bond donors (Lipinski definition) is 2. The van der Waals surface area contributed by atoms with Gasteiger partial charge in [0.25, 0.3) is 0 Å². The van der Waals surface area contributed by atoms with Gasteiger partial charge in [-0.15, -0.1) is 0 Å². The van der Waals surface area contributed by atoms with Crippen LogP contribution in [0, 0.1) is 0 Å². The molecule has 0 atom stereocenters. The average Bonchev–Trinajstić information content (AvgIpc) is 3.11. The van der Waals surface area contributed by atoms with Crippen LogP contribution < -0.4 is 9.47 Å². The van der Waals surface area contributed by atoms with E-state index in [-0.39, 0.29) is 11.5 Å². The third-order valence-corrected chi connectivity index (χ3v) is 10.6. The number of aromatic hydroxyl groups is 2. The van der Waals surface area contributed by atoms with Crippen LogP contribution in [0.5, 0.6) is 23.0 Å². The van der Waals surface area contributed by atoms with Gasteiger partial charge in [-0.2, -0.15) is 0 Å². The van der Waals surface area contributed by atoms with Gasteiger partial charge in [-0.05, 0) is 64.8 Å². The lowest BCUT2D eigenvalue weighted by atomic mass is 9.83. The molecule has 0 fully saturated rings. The zero-order chi connectivity index (χ0) is 37.9. The van der Waals surface area contributed by atoms with Crippen molar-refractivity contribution in [2.75, 3.05) is 13.2 Å². The number of nitrogens with zero attached hydrogens (tertiary/aromatic N) is 2. The molecule has 2 N–H and O–H groups in total. The van der Waals surface area contributed by atoms with Crippen LogP contribution in [0.1, 0.15) is 194 Å². The first-order chi connectivity index (χ1) is 25.1. The maximum atomic E-state index is 10.7. The molecule has 294 valence electrons. The molecule has 2 aromatic carbocycles. The fourth-order valence-corrected chi connectivity index (χ4v) is 6.14. The van der Waals surface area contributed by atoms with Crippen molar-refractivity contribution in [1.82, 2.24) is 0 Å². The van der Waals surface area contributed by atoms with Gasteiger partial charge < -0.3 is 19.7 Å². The minimum Gasteiger partial charge on any atom is -0.507 e. The Labute approximate surface area is 319 Å². The minimum atomic E-state index is -0.590. The Bertz CT molecular complexity index is 1170. The van der Waals surface area contributed by atoms with Crippen LogP contribution in [0.3, 0.4) is 0 Å². The average molecular weight is 721 g/mol. The molecular weight excluding hydrogens is 645 g/mol. The lowest BCUT2D eigenvalue weighted by Crippen LogP contribution is -2.42. The van der Waals surface area contributed by atoms with Crippen molar-refractivity contribution in [2.24, 2.45) is 9.98 Å². The van der Waals surface area contributed by atoms with Gasteiger partial charge in [-0.1, -0.05) is 142 Å². The predicted octanol–water partition coefficient (Wildman–Crippen LogP) is 13.6. The Morgan fingerprint density at radius 3 is 1.04 bits per heavy atom. The summed E-state index contributed by atoms with van der Waals surface area (Å²) in [6.45, 7) is 13.9. The molecule has 0 heterocycles. The number of hydrogen-bond acceptors (Lipinski definition) is 6. The third-order valence-electron chi connectivity index (χ3n) is 10.6. The molecule has 0 aliphatic rings. The van der Waals surface area contributed by atoms with Crippen molar-refractivity contribution in [3.63, 3.8) is 0 Å².